The molecule has 0 radical (unpaired) electrons. The molecule has 0 amide bonds. The summed E-state index contributed by atoms with van der Waals surface area (Å²) in [6, 6.07) is 0. The standard InChI is InChI=1S/C3H9O.BF3.FH.H2/c1-4(2)3;2-1(3)4;;/h1-3H3;;2*1H/q+1;;;/p-1/i1D2,2D3,3D3;;;1+1. The van der Waals surface area contributed by atoms with E-state index >= 15 is 0 Å². The highest BCUT2D eigenvalue weighted by molar-refractivity contribution is 6.33. The quantitative estimate of drug-likeness (QED) is 0.231. The predicted octanol–water partition coefficient (Wildman–Crippen LogP) is -1.44. The fourth-order valence-electron chi connectivity index (χ4n) is 0. The molecule has 0 aliphatic carbocycles. The maximum atomic E-state index is 9.67. The Bertz CT molecular complexity index is 178. The molecule has 6 heteroatoms. The van der Waals surface area contributed by atoms with Crippen molar-refractivity contribution in [3.8, 4) is 0 Å². The Morgan fingerprint density at radius 2 is 1.78 bits per heavy atom. The van der Waals surface area contributed by atoms with Crippen molar-refractivity contribution < 1.29 is 34.4 Å². The van der Waals surface area contributed by atoms with Crippen molar-refractivity contribution in [3.05, 3.63) is 0 Å². The SMILES string of the molecule is FB(F)F.[2HH].[2H]C([2H])[O+](C([2H])([2H])[2H])C([2H])([2H])[2H].[F-]. The molecule has 0 aliphatic rings. The molecular formula is C3H11BF4O. The Hall–Kier alpha value is -0.255. The average molecular weight is 159 g/mol. The monoisotopic (exact) mass is 159 g/mol. The van der Waals surface area contributed by atoms with Gasteiger partial charge in [0.2, 0.25) is 0 Å². The molecule has 0 saturated carbocycles. The first-order valence-electron chi connectivity index (χ1n) is 5.45. The van der Waals surface area contributed by atoms with Crippen LogP contribution in [0.15, 0.2) is 0 Å². The van der Waals surface area contributed by atoms with Gasteiger partial charge in [-0.15, -0.1) is 0 Å². The van der Waals surface area contributed by atoms with E-state index < -0.39 is 28.7 Å². The maximum absolute atomic E-state index is 9.67. The fourth-order valence-corrected chi connectivity index (χ4v) is 0. The lowest BCUT2D eigenvalue weighted by Gasteiger charge is -1.90. The van der Waals surface area contributed by atoms with Gasteiger partial charge < -0.3 is 9.07 Å². The minimum Gasteiger partial charge on any atom is -1.00 e. The summed E-state index contributed by atoms with van der Waals surface area (Å²) in [6.45, 7) is 0. The molecule has 9 heavy (non-hydrogen) atoms. The lowest BCUT2D eigenvalue weighted by atomic mass is 10.5. The van der Waals surface area contributed by atoms with E-state index in [9.17, 15) is 12.9 Å². The highest BCUT2D eigenvalue weighted by atomic mass is 19.4. The average Bonchev–Trinajstić information content (AvgIpc) is 1.73. The molecule has 0 saturated heterocycles. The van der Waals surface area contributed by atoms with Crippen LogP contribution < -0.4 is 4.70 Å². The van der Waals surface area contributed by atoms with Crippen LogP contribution in [0.2, 0.25) is 0 Å². The third kappa shape index (κ3) is 3930. The normalized spacial score (nSPS) is 23.2. The Morgan fingerprint density at radius 1 is 1.44 bits per heavy atom. The Kier molecular flexibility index (Phi) is 3.29. The van der Waals surface area contributed by atoms with Crippen molar-refractivity contribution >= 4 is 7.54 Å². The van der Waals surface area contributed by atoms with Gasteiger partial charge in [0, 0.05) is 1.43 Å². The molecule has 0 bridgehead atoms. The van der Waals surface area contributed by atoms with Crippen molar-refractivity contribution in [3.63, 3.8) is 0 Å². The molecule has 0 aromatic heterocycles. The van der Waals surface area contributed by atoms with Gasteiger partial charge >= 0.3 is 7.54 Å². The molecule has 0 unspecified atom stereocenters. The van der Waals surface area contributed by atoms with Gasteiger partial charge in [0.15, 0.2) is 0 Å². The van der Waals surface area contributed by atoms with Gasteiger partial charge in [0.1, 0.15) is 32.1 Å². The molecule has 0 rings (SSSR count). The highest BCUT2D eigenvalue weighted by Crippen LogP contribution is 1.80. The molecule has 1 nitrogen and oxygen atoms in total. The molecular weight excluding hydrogens is 139 g/mol. The maximum Gasteiger partial charge on any atom is 0.762 e. The van der Waals surface area contributed by atoms with Crippen LogP contribution in [0.4, 0.5) is 12.9 Å². The third-order valence-electron chi connectivity index (χ3n) is 0. The summed E-state index contributed by atoms with van der Waals surface area (Å²) in [7, 11) is -11.8. The van der Waals surface area contributed by atoms with Crippen molar-refractivity contribution in [2.45, 2.75) is 0 Å². The summed E-state index contributed by atoms with van der Waals surface area (Å²) in [6.07, 6.45) is 0. The first-order valence-corrected chi connectivity index (χ1v) is 1.30. The van der Waals surface area contributed by atoms with Crippen molar-refractivity contribution in [2.75, 3.05) is 21.1 Å². The van der Waals surface area contributed by atoms with Crippen molar-refractivity contribution in [1.82, 2.24) is 0 Å². The van der Waals surface area contributed by atoms with Gasteiger partial charge in [-0.25, -0.2) is 0 Å². The van der Waals surface area contributed by atoms with Gasteiger partial charge in [-0.3, -0.25) is 12.9 Å². The molecule has 0 spiro atoms. The molecule has 0 fully saturated rings. The molecule has 0 aliphatic heterocycles. The van der Waals surface area contributed by atoms with E-state index in [4.69, 9.17) is 11.0 Å². The second-order valence-electron chi connectivity index (χ2n) is 0.585. The molecule has 0 N–H and O–H groups in total. The summed E-state index contributed by atoms with van der Waals surface area (Å²) in [5.41, 5.74) is 0. The Labute approximate surface area is 64.8 Å². The second kappa shape index (κ2) is 10.7. The summed E-state index contributed by atoms with van der Waals surface area (Å²) < 4.78 is 83.3. The summed E-state index contributed by atoms with van der Waals surface area (Å²) in [4.78, 5) is 0. The minimum absolute atomic E-state index is 0. The Morgan fingerprint density at radius 3 is 1.78 bits per heavy atom. The van der Waals surface area contributed by atoms with E-state index in [1.165, 1.54) is 0 Å². The molecule has 0 heterocycles. The van der Waals surface area contributed by atoms with Crippen LogP contribution in [0.1, 0.15) is 12.4 Å². The van der Waals surface area contributed by atoms with Crippen LogP contribution in [0.25, 0.3) is 0 Å². The van der Waals surface area contributed by atoms with Crippen LogP contribution in [-0.4, -0.2) is 28.7 Å². The van der Waals surface area contributed by atoms with Crippen LogP contribution in [0.3, 0.4) is 0 Å². The largest absolute Gasteiger partial charge is 1.00 e. The van der Waals surface area contributed by atoms with E-state index in [1.807, 2.05) is 0 Å². The van der Waals surface area contributed by atoms with Gasteiger partial charge in [0.25, 0.3) is 0 Å². The van der Waals surface area contributed by atoms with E-state index in [2.05, 4.69) is 0 Å². The number of rotatable bonds is 0. The van der Waals surface area contributed by atoms with E-state index in [0.29, 0.717) is 0 Å². The minimum atomic E-state index is -3.67. The smallest absolute Gasteiger partial charge is 0.762 e. The van der Waals surface area contributed by atoms with Gasteiger partial charge in [-0.2, -0.15) is 0 Å². The zero-order chi connectivity index (χ0) is 13.7. The first-order chi connectivity index (χ1) is 6.80. The lowest BCUT2D eigenvalue weighted by molar-refractivity contribution is -0.00282. The number of hydrogen-bond donors (Lipinski definition) is 0. The summed E-state index contributed by atoms with van der Waals surface area (Å²) in [5, 5.41) is 0. The molecule has 0 atom stereocenters. The topological polar surface area (TPSA) is 2.70 Å². The van der Waals surface area contributed by atoms with E-state index in [0.717, 1.165) is 4.37 Å². The molecule has 0 aromatic carbocycles. The zero-order valence-electron chi connectivity index (χ0n) is 12.1. The Balaban J connectivity index is -0.000000143. The number of hydrogen-bond acceptors (Lipinski definition) is 0. The summed E-state index contributed by atoms with van der Waals surface area (Å²) >= 11 is 0. The van der Waals surface area contributed by atoms with Crippen LogP contribution in [0.5, 0.6) is 0 Å². The van der Waals surface area contributed by atoms with Crippen LogP contribution in [-0.2, 0) is 4.37 Å². The molecule has 0 aromatic rings. The number of halogens is 4. The van der Waals surface area contributed by atoms with Crippen LogP contribution >= 0.6 is 0 Å². The first kappa shape index (κ1) is 2.78. The zero-order valence-corrected chi connectivity index (χ0v) is 4.07. The lowest BCUT2D eigenvalue weighted by Crippen LogP contribution is -3.00. The van der Waals surface area contributed by atoms with Gasteiger partial charge in [0.05, 0.1) is 0 Å². The van der Waals surface area contributed by atoms with Crippen molar-refractivity contribution in [2.24, 2.45) is 0 Å². The summed E-state index contributed by atoms with van der Waals surface area (Å²) in [5.74, 6) is 0. The van der Waals surface area contributed by atoms with Crippen LogP contribution in [0, 0.1) is 0 Å². The predicted molar refractivity (Wildman–Crippen MR) is 30.0 cm³/mol. The second-order valence-corrected chi connectivity index (χ2v) is 0.585. The fraction of sp³-hybridized carbons (Fsp3) is 1.00. The highest BCUT2D eigenvalue weighted by Gasteiger charge is 2.06. The third-order valence-corrected chi connectivity index (χ3v) is 0. The van der Waals surface area contributed by atoms with E-state index in [-0.39, 0.29) is 6.13 Å². The van der Waals surface area contributed by atoms with Gasteiger partial charge in [-0.05, 0) is 0 Å². The van der Waals surface area contributed by atoms with Crippen molar-refractivity contribution in [1.29, 1.82) is 0 Å². The van der Waals surface area contributed by atoms with Gasteiger partial charge in [-0.1, -0.05) is 0 Å². The molecule has 60 valence electrons. The van der Waals surface area contributed by atoms with E-state index in [1.54, 1.807) is 0 Å².